The first kappa shape index (κ1) is 35.2. The van der Waals surface area contributed by atoms with Crippen LogP contribution in [0.1, 0.15) is 78.0 Å². The van der Waals surface area contributed by atoms with Gasteiger partial charge in [-0.05, 0) is 76.5 Å². The summed E-state index contributed by atoms with van der Waals surface area (Å²) in [4.78, 5) is 24.6. The van der Waals surface area contributed by atoms with Gasteiger partial charge in [-0.1, -0.05) is 33.3 Å². The quantitative estimate of drug-likeness (QED) is 0.276. The summed E-state index contributed by atoms with van der Waals surface area (Å²) in [6.45, 7) is 21.0. The minimum Gasteiger partial charge on any atom is -0.496 e. The molecular weight excluding hydrogens is 479 g/mol. The van der Waals surface area contributed by atoms with Crippen molar-refractivity contribution in [2.75, 3.05) is 40.3 Å². The van der Waals surface area contributed by atoms with Gasteiger partial charge < -0.3 is 9.64 Å². The molecule has 38 heavy (non-hydrogen) atoms. The maximum Gasteiger partial charge on any atom is 0.222 e. The van der Waals surface area contributed by atoms with Gasteiger partial charge in [0.15, 0.2) is 0 Å². The maximum atomic E-state index is 13.6. The van der Waals surface area contributed by atoms with Crippen LogP contribution in [0.4, 0.5) is 4.39 Å². The smallest absolute Gasteiger partial charge is 0.222 e. The first-order valence-corrected chi connectivity index (χ1v) is 13.8. The number of amides is 1. The van der Waals surface area contributed by atoms with Crippen LogP contribution in [-0.4, -0.2) is 74.1 Å². The van der Waals surface area contributed by atoms with E-state index in [1.807, 2.05) is 50.8 Å². The second-order valence-electron chi connectivity index (χ2n) is 8.95. The number of aliphatic imine (C=N–C) groups is 2. The van der Waals surface area contributed by atoms with Crippen molar-refractivity contribution in [1.82, 2.24) is 9.80 Å². The number of methoxy groups -OCH3 is 1. The summed E-state index contributed by atoms with van der Waals surface area (Å²) in [5.74, 6) is 0.887. The van der Waals surface area contributed by atoms with Crippen molar-refractivity contribution >= 4 is 17.8 Å². The summed E-state index contributed by atoms with van der Waals surface area (Å²) in [5, 5.41) is 0. The monoisotopic (exact) mass is 530 g/mol. The Balaban J connectivity index is 0.000000680. The molecule has 1 saturated heterocycles. The van der Waals surface area contributed by atoms with E-state index in [-0.39, 0.29) is 17.9 Å². The van der Waals surface area contributed by atoms with Crippen LogP contribution >= 0.6 is 0 Å². The third kappa shape index (κ3) is 11.7. The lowest BCUT2D eigenvalue weighted by atomic mass is 10.0. The molecule has 0 aliphatic carbocycles. The Bertz CT molecular complexity index is 951. The highest BCUT2D eigenvalue weighted by Crippen LogP contribution is 2.17. The van der Waals surface area contributed by atoms with Crippen molar-refractivity contribution < 1.29 is 13.9 Å². The average molecular weight is 531 g/mol. The highest BCUT2D eigenvalue weighted by Gasteiger charge is 2.22. The molecule has 6 nitrogen and oxygen atoms in total. The van der Waals surface area contributed by atoms with Crippen LogP contribution in [0.3, 0.4) is 0 Å². The van der Waals surface area contributed by atoms with Crippen LogP contribution in [0.2, 0.25) is 0 Å². The molecule has 0 radical (unpaired) electrons. The molecule has 2 rings (SSSR count). The Hall–Kier alpha value is -2.80. The van der Waals surface area contributed by atoms with Gasteiger partial charge in [0.1, 0.15) is 11.6 Å². The SMILES string of the molecule is C/C=C(\C=N/C(C)N1CCN(C(=O)CC)CC1)OC.CC.CC/C(C)=C/C(=NC)c1cc(C)c(F)c(C)c1. The van der Waals surface area contributed by atoms with Gasteiger partial charge >= 0.3 is 0 Å². The van der Waals surface area contributed by atoms with E-state index in [4.69, 9.17) is 4.74 Å². The third-order valence-corrected chi connectivity index (χ3v) is 6.35. The number of nitrogens with zero attached hydrogens (tertiary/aromatic N) is 4. The molecule has 7 heteroatoms. The highest BCUT2D eigenvalue weighted by molar-refractivity contribution is 6.09. The minimum absolute atomic E-state index is 0.115. The van der Waals surface area contributed by atoms with Crippen molar-refractivity contribution in [2.45, 2.75) is 81.3 Å². The molecule has 1 amide bonds. The predicted molar refractivity (Wildman–Crippen MR) is 161 cm³/mol. The molecule has 1 heterocycles. The summed E-state index contributed by atoms with van der Waals surface area (Å²) in [7, 11) is 3.41. The van der Waals surface area contributed by atoms with Crippen molar-refractivity contribution in [3.05, 3.63) is 58.1 Å². The van der Waals surface area contributed by atoms with E-state index < -0.39 is 0 Å². The van der Waals surface area contributed by atoms with Gasteiger partial charge in [0.05, 0.1) is 25.2 Å². The molecule has 0 aromatic heterocycles. The largest absolute Gasteiger partial charge is 0.496 e. The molecule has 1 fully saturated rings. The van der Waals surface area contributed by atoms with Crippen LogP contribution in [0, 0.1) is 19.7 Å². The van der Waals surface area contributed by atoms with Crippen LogP contribution in [0.15, 0.2) is 45.6 Å². The first-order valence-electron chi connectivity index (χ1n) is 13.8. The maximum absolute atomic E-state index is 13.6. The van der Waals surface area contributed by atoms with Crippen LogP contribution in [0.5, 0.6) is 0 Å². The lowest BCUT2D eigenvalue weighted by Crippen LogP contribution is -2.50. The summed E-state index contributed by atoms with van der Waals surface area (Å²) >= 11 is 0. The number of ether oxygens (including phenoxy) is 1. The van der Waals surface area contributed by atoms with Crippen molar-refractivity contribution in [3.63, 3.8) is 0 Å². The van der Waals surface area contributed by atoms with Crippen molar-refractivity contribution in [1.29, 1.82) is 0 Å². The average Bonchev–Trinajstić information content (AvgIpc) is 2.95. The fourth-order valence-electron chi connectivity index (χ4n) is 3.80. The standard InChI is InChI=1S/C15H20FN.C14H25N3O2.C2H6/c1-6-10(2)7-14(17-5)13-8-11(3)15(16)12(4)9-13;1-5-13(19-4)11-15-12(3)16-7-9-17(10-8-16)14(18)6-2;1-2/h7-9H,6H2,1-5H3;5,11-12H,6-10H2,1-4H3;1-2H3/b10-7+,17-14?;13-5+,15-11-;. The number of carbonyl (C=O) groups is 1. The molecule has 0 spiro atoms. The van der Waals surface area contributed by atoms with E-state index in [1.54, 1.807) is 34.2 Å². The molecule has 1 aliphatic heterocycles. The van der Waals surface area contributed by atoms with Gasteiger partial charge in [-0.3, -0.25) is 19.7 Å². The van der Waals surface area contributed by atoms with Crippen LogP contribution < -0.4 is 0 Å². The van der Waals surface area contributed by atoms with Gasteiger partial charge in [0, 0.05) is 45.2 Å². The normalized spacial score (nSPS) is 15.9. The summed E-state index contributed by atoms with van der Waals surface area (Å²) in [6.07, 6.45) is 7.41. The van der Waals surface area contributed by atoms with E-state index in [0.717, 1.165) is 49.6 Å². The third-order valence-electron chi connectivity index (χ3n) is 6.35. The Labute approximate surface area is 231 Å². The van der Waals surface area contributed by atoms with E-state index >= 15 is 0 Å². The molecule has 0 bridgehead atoms. The predicted octanol–water partition coefficient (Wildman–Crippen LogP) is 6.75. The number of rotatable bonds is 8. The number of aryl methyl sites for hydroxylation is 2. The highest BCUT2D eigenvalue weighted by atomic mass is 19.1. The minimum atomic E-state index is -0.125. The molecule has 1 atom stereocenters. The molecule has 214 valence electrons. The Morgan fingerprint density at radius 2 is 1.66 bits per heavy atom. The second-order valence-corrected chi connectivity index (χ2v) is 8.95. The second kappa shape index (κ2) is 19.3. The zero-order valence-electron chi connectivity index (χ0n) is 25.7. The van der Waals surface area contributed by atoms with Gasteiger partial charge in [-0.15, -0.1) is 0 Å². The van der Waals surface area contributed by atoms with Crippen LogP contribution in [-0.2, 0) is 9.53 Å². The topological polar surface area (TPSA) is 57.5 Å². The van der Waals surface area contributed by atoms with E-state index in [9.17, 15) is 9.18 Å². The zero-order chi connectivity index (χ0) is 29.3. The van der Waals surface area contributed by atoms with E-state index in [1.165, 1.54) is 5.57 Å². The number of carbonyl (C=O) groups excluding carboxylic acids is 1. The lowest BCUT2D eigenvalue weighted by Gasteiger charge is -2.36. The summed E-state index contributed by atoms with van der Waals surface area (Å²) < 4.78 is 18.7. The van der Waals surface area contributed by atoms with Gasteiger partial charge in [-0.2, -0.15) is 0 Å². The van der Waals surface area contributed by atoms with Gasteiger partial charge in [0.2, 0.25) is 5.91 Å². The first-order chi connectivity index (χ1) is 18.1. The molecule has 0 saturated carbocycles. The van der Waals surface area contributed by atoms with Crippen molar-refractivity contribution in [2.24, 2.45) is 9.98 Å². The van der Waals surface area contributed by atoms with E-state index in [0.29, 0.717) is 17.5 Å². The molecule has 1 aromatic carbocycles. The van der Waals surface area contributed by atoms with Crippen LogP contribution in [0.25, 0.3) is 0 Å². The fraction of sp³-hybridized carbons (Fsp3) is 0.581. The molecule has 1 unspecified atom stereocenters. The number of hydrogen-bond acceptors (Lipinski definition) is 5. The Morgan fingerprint density at radius 1 is 1.11 bits per heavy atom. The van der Waals surface area contributed by atoms with E-state index in [2.05, 4.69) is 41.7 Å². The molecular formula is C31H51FN4O2. The number of halogens is 1. The summed E-state index contributed by atoms with van der Waals surface area (Å²) in [5.41, 5.74) is 4.50. The molecule has 1 aromatic rings. The number of allylic oxidation sites excluding steroid dienone is 4. The lowest BCUT2D eigenvalue weighted by molar-refractivity contribution is -0.132. The van der Waals surface area contributed by atoms with Gasteiger partial charge in [-0.25, -0.2) is 4.39 Å². The Morgan fingerprint density at radius 3 is 2.08 bits per heavy atom. The fourth-order valence-corrected chi connectivity index (χ4v) is 3.80. The van der Waals surface area contributed by atoms with Crippen molar-refractivity contribution in [3.8, 4) is 0 Å². The molecule has 0 N–H and O–H groups in total. The number of hydrogen-bond donors (Lipinski definition) is 0. The van der Waals surface area contributed by atoms with Gasteiger partial charge in [0.25, 0.3) is 0 Å². The zero-order valence-corrected chi connectivity index (χ0v) is 25.7. The Kier molecular flexibility index (Phi) is 17.9. The number of piperazine rings is 1. The number of benzene rings is 1. The molecule has 1 aliphatic rings. The summed E-state index contributed by atoms with van der Waals surface area (Å²) in [6, 6.07) is 3.70.